The van der Waals surface area contributed by atoms with Crippen LogP contribution >= 0.6 is 11.6 Å². The van der Waals surface area contributed by atoms with Crippen molar-refractivity contribution in [2.24, 2.45) is 0 Å². The van der Waals surface area contributed by atoms with Crippen LogP contribution in [0.3, 0.4) is 0 Å². The number of rotatable bonds is 4. The predicted octanol–water partition coefficient (Wildman–Crippen LogP) is 3.89. The Labute approximate surface area is 117 Å². The lowest BCUT2D eigenvalue weighted by Gasteiger charge is -2.10. The maximum absolute atomic E-state index is 13.0. The van der Waals surface area contributed by atoms with Gasteiger partial charge in [-0.25, -0.2) is 4.39 Å². The van der Waals surface area contributed by atoms with Crippen LogP contribution in [0.5, 0.6) is 5.75 Å². The number of hydrogen-bond donors (Lipinski definition) is 0. The van der Waals surface area contributed by atoms with Gasteiger partial charge >= 0.3 is 0 Å². The Hall–Kier alpha value is -1.55. The summed E-state index contributed by atoms with van der Waals surface area (Å²) >= 11 is 6.20. The summed E-state index contributed by atoms with van der Waals surface area (Å²) in [6.45, 7) is 6.72. The van der Waals surface area contributed by atoms with E-state index in [2.05, 4.69) is 5.10 Å². The van der Waals surface area contributed by atoms with E-state index in [1.165, 1.54) is 12.1 Å². The van der Waals surface area contributed by atoms with Crippen LogP contribution < -0.4 is 4.74 Å². The molecule has 0 spiro atoms. The van der Waals surface area contributed by atoms with E-state index in [-0.39, 0.29) is 5.82 Å². The third-order valence-electron chi connectivity index (χ3n) is 2.95. The fraction of sp³-hybridized carbons (Fsp3) is 0.357. The number of aryl methyl sites for hydroxylation is 3. The van der Waals surface area contributed by atoms with Gasteiger partial charge in [0.15, 0.2) is 0 Å². The van der Waals surface area contributed by atoms with Crippen LogP contribution in [0, 0.1) is 19.7 Å². The first-order chi connectivity index (χ1) is 9.02. The van der Waals surface area contributed by atoms with Gasteiger partial charge < -0.3 is 4.74 Å². The summed E-state index contributed by atoms with van der Waals surface area (Å²) < 4.78 is 20.5. The highest BCUT2D eigenvalue weighted by Gasteiger charge is 2.13. The van der Waals surface area contributed by atoms with Gasteiger partial charge in [0.25, 0.3) is 0 Å². The van der Waals surface area contributed by atoms with Crippen LogP contribution in [0.25, 0.3) is 0 Å². The third kappa shape index (κ3) is 2.89. The molecule has 5 heteroatoms. The average molecular weight is 283 g/mol. The molecule has 0 N–H and O–H groups in total. The molecule has 102 valence electrons. The van der Waals surface area contributed by atoms with E-state index in [4.69, 9.17) is 16.3 Å². The Morgan fingerprint density at radius 1 is 1.37 bits per heavy atom. The lowest BCUT2D eigenvalue weighted by atomic mass is 10.2. The van der Waals surface area contributed by atoms with Gasteiger partial charge in [-0.1, -0.05) is 11.6 Å². The summed E-state index contributed by atoms with van der Waals surface area (Å²) in [5.41, 5.74) is 2.39. The molecule has 0 unspecified atom stereocenters. The van der Waals surface area contributed by atoms with Crippen LogP contribution in [0.1, 0.15) is 23.9 Å². The minimum atomic E-state index is -0.266. The number of benzene rings is 1. The van der Waals surface area contributed by atoms with Gasteiger partial charge in [-0.2, -0.15) is 5.10 Å². The van der Waals surface area contributed by atoms with Crippen LogP contribution in [-0.2, 0) is 13.2 Å². The molecule has 0 bridgehead atoms. The summed E-state index contributed by atoms with van der Waals surface area (Å²) in [6, 6.07) is 4.45. The number of halogens is 2. The van der Waals surface area contributed by atoms with Gasteiger partial charge in [0, 0.05) is 6.54 Å². The molecule has 2 rings (SSSR count). The highest BCUT2D eigenvalue weighted by Crippen LogP contribution is 2.24. The standard InChI is InChI=1S/C14H16ClFN2O/c1-4-18-12(14(15)10(3)17-18)8-19-13-6-5-11(16)7-9(13)2/h5-7H,4,8H2,1-3H3. The van der Waals surface area contributed by atoms with Gasteiger partial charge in [0.1, 0.15) is 18.2 Å². The van der Waals surface area contributed by atoms with Crippen molar-refractivity contribution in [1.82, 2.24) is 9.78 Å². The molecule has 1 heterocycles. The van der Waals surface area contributed by atoms with Gasteiger partial charge in [-0.3, -0.25) is 4.68 Å². The molecule has 0 aliphatic rings. The zero-order valence-electron chi connectivity index (χ0n) is 11.2. The first-order valence-corrected chi connectivity index (χ1v) is 6.51. The lowest BCUT2D eigenvalue weighted by Crippen LogP contribution is -2.07. The second-order valence-electron chi connectivity index (χ2n) is 4.36. The summed E-state index contributed by atoms with van der Waals surface area (Å²) in [7, 11) is 0. The summed E-state index contributed by atoms with van der Waals surface area (Å²) in [5.74, 6) is 0.385. The molecule has 0 fully saturated rings. The number of hydrogen-bond acceptors (Lipinski definition) is 2. The van der Waals surface area contributed by atoms with E-state index in [1.807, 2.05) is 25.5 Å². The molecule has 0 aliphatic heterocycles. The lowest BCUT2D eigenvalue weighted by molar-refractivity contribution is 0.290. The van der Waals surface area contributed by atoms with E-state index >= 15 is 0 Å². The SMILES string of the molecule is CCn1nc(C)c(Cl)c1COc1ccc(F)cc1C. The van der Waals surface area contributed by atoms with E-state index < -0.39 is 0 Å². The van der Waals surface area contributed by atoms with E-state index in [0.717, 1.165) is 23.5 Å². The summed E-state index contributed by atoms with van der Waals surface area (Å²) in [4.78, 5) is 0. The molecule has 0 aliphatic carbocycles. The molecule has 0 radical (unpaired) electrons. The normalized spacial score (nSPS) is 10.8. The predicted molar refractivity (Wildman–Crippen MR) is 73.1 cm³/mol. The van der Waals surface area contributed by atoms with Crippen molar-refractivity contribution in [3.05, 3.63) is 46.0 Å². The monoisotopic (exact) mass is 282 g/mol. The van der Waals surface area contributed by atoms with Crippen molar-refractivity contribution in [3.8, 4) is 5.75 Å². The minimum absolute atomic E-state index is 0.266. The van der Waals surface area contributed by atoms with Gasteiger partial charge in [-0.15, -0.1) is 0 Å². The second kappa shape index (κ2) is 5.61. The Morgan fingerprint density at radius 3 is 2.74 bits per heavy atom. The minimum Gasteiger partial charge on any atom is -0.487 e. The average Bonchev–Trinajstić information content (AvgIpc) is 2.65. The first kappa shape index (κ1) is 13.9. The number of aromatic nitrogens is 2. The number of ether oxygens (including phenoxy) is 1. The molecule has 0 saturated carbocycles. The van der Waals surface area contributed by atoms with E-state index in [1.54, 1.807) is 6.07 Å². The van der Waals surface area contributed by atoms with E-state index in [9.17, 15) is 4.39 Å². The van der Waals surface area contributed by atoms with Crippen LogP contribution in [0.2, 0.25) is 5.02 Å². The molecule has 3 nitrogen and oxygen atoms in total. The molecule has 0 saturated heterocycles. The van der Waals surface area contributed by atoms with Crippen LogP contribution in [0.15, 0.2) is 18.2 Å². The molecule has 1 aromatic carbocycles. The highest BCUT2D eigenvalue weighted by molar-refractivity contribution is 6.31. The topological polar surface area (TPSA) is 27.1 Å². The van der Waals surface area contributed by atoms with Crippen molar-refractivity contribution < 1.29 is 9.13 Å². The molecule has 1 aromatic heterocycles. The third-order valence-corrected chi connectivity index (χ3v) is 3.45. The fourth-order valence-corrected chi connectivity index (χ4v) is 2.12. The van der Waals surface area contributed by atoms with Crippen molar-refractivity contribution in [3.63, 3.8) is 0 Å². The summed E-state index contributed by atoms with van der Waals surface area (Å²) in [5, 5.41) is 4.95. The molecular weight excluding hydrogens is 267 g/mol. The van der Waals surface area contributed by atoms with Crippen molar-refractivity contribution in [2.45, 2.75) is 33.9 Å². The fourth-order valence-electron chi connectivity index (χ4n) is 1.93. The molecule has 0 atom stereocenters. The quantitative estimate of drug-likeness (QED) is 0.851. The highest BCUT2D eigenvalue weighted by atomic mass is 35.5. The molecule has 19 heavy (non-hydrogen) atoms. The number of nitrogens with zero attached hydrogens (tertiary/aromatic N) is 2. The summed E-state index contributed by atoms with van der Waals surface area (Å²) in [6.07, 6.45) is 0. The van der Waals surface area contributed by atoms with Gasteiger partial charge in [-0.05, 0) is 44.5 Å². The first-order valence-electron chi connectivity index (χ1n) is 6.13. The van der Waals surface area contributed by atoms with Crippen molar-refractivity contribution >= 4 is 11.6 Å². The smallest absolute Gasteiger partial charge is 0.131 e. The van der Waals surface area contributed by atoms with E-state index in [0.29, 0.717) is 17.4 Å². The zero-order chi connectivity index (χ0) is 14.0. The largest absolute Gasteiger partial charge is 0.487 e. The van der Waals surface area contributed by atoms with Gasteiger partial charge in [0.05, 0.1) is 16.4 Å². The van der Waals surface area contributed by atoms with Crippen molar-refractivity contribution in [2.75, 3.05) is 0 Å². The van der Waals surface area contributed by atoms with Crippen LogP contribution in [0.4, 0.5) is 4.39 Å². The Balaban J connectivity index is 2.18. The Kier molecular flexibility index (Phi) is 4.10. The van der Waals surface area contributed by atoms with Gasteiger partial charge in [0.2, 0.25) is 0 Å². The van der Waals surface area contributed by atoms with Crippen molar-refractivity contribution in [1.29, 1.82) is 0 Å². The molecule has 2 aromatic rings. The maximum Gasteiger partial charge on any atom is 0.131 e. The Bertz CT molecular complexity index is 595. The maximum atomic E-state index is 13.0. The molecular formula is C14H16ClFN2O. The Morgan fingerprint density at radius 2 is 2.11 bits per heavy atom. The van der Waals surface area contributed by atoms with Crippen LogP contribution in [-0.4, -0.2) is 9.78 Å². The zero-order valence-corrected chi connectivity index (χ0v) is 12.0. The second-order valence-corrected chi connectivity index (χ2v) is 4.74. The molecule has 0 amide bonds.